The van der Waals surface area contributed by atoms with Gasteiger partial charge in [0.2, 0.25) is 0 Å². The standard InChI is InChI=1S/C12H14BFN2O/c13-9-3-1-2-7-4-12(5-8(7)9)10(6-14)17-11(15)16-12/h1-3,10H,4-6,13H2,(H2,15,16). The third-order valence-corrected chi connectivity index (χ3v) is 3.82. The molecule has 1 spiro atoms. The molecule has 2 unspecified atom stereocenters. The number of hydrogen-bond donors (Lipinski definition) is 1. The van der Waals surface area contributed by atoms with E-state index in [9.17, 15) is 4.39 Å². The largest absolute Gasteiger partial charge is 0.457 e. The van der Waals surface area contributed by atoms with Gasteiger partial charge in [-0.15, -0.1) is 0 Å². The number of aliphatic imine (C=N–C) groups is 1. The molecule has 1 heterocycles. The lowest BCUT2D eigenvalue weighted by atomic mass is 9.86. The summed E-state index contributed by atoms with van der Waals surface area (Å²) in [6.07, 6.45) is 0.915. The topological polar surface area (TPSA) is 47.6 Å². The van der Waals surface area contributed by atoms with Gasteiger partial charge in [-0.25, -0.2) is 9.38 Å². The second-order valence-corrected chi connectivity index (χ2v) is 4.88. The average Bonchev–Trinajstić information content (AvgIpc) is 2.80. The van der Waals surface area contributed by atoms with Crippen molar-refractivity contribution in [3.05, 3.63) is 29.3 Å². The molecule has 2 N–H and O–H groups in total. The minimum absolute atomic E-state index is 0.123. The molecule has 88 valence electrons. The van der Waals surface area contributed by atoms with E-state index in [0.717, 1.165) is 12.8 Å². The third-order valence-electron chi connectivity index (χ3n) is 3.82. The SMILES string of the molecule is Bc1cccc2c1CC1(C2)N=C(N)OC1CF. The predicted octanol–water partition coefficient (Wildman–Crippen LogP) is -0.535. The molecule has 2 aliphatic rings. The summed E-state index contributed by atoms with van der Waals surface area (Å²) in [4.78, 5) is 4.36. The summed E-state index contributed by atoms with van der Waals surface area (Å²) < 4.78 is 18.3. The summed E-state index contributed by atoms with van der Waals surface area (Å²) in [6, 6.07) is 6.31. The molecule has 1 aliphatic heterocycles. The van der Waals surface area contributed by atoms with E-state index in [4.69, 9.17) is 10.5 Å². The van der Waals surface area contributed by atoms with Crippen molar-refractivity contribution in [1.82, 2.24) is 0 Å². The van der Waals surface area contributed by atoms with Crippen LogP contribution in [0.4, 0.5) is 4.39 Å². The van der Waals surface area contributed by atoms with E-state index >= 15 is 0 Å². The Balaban J connectivity index is 2.02. The van der Waals surface area contributed by atoms with Gasteiger partial charge in [-0.05, 0) is 11.1 Å². The highest BCUT2D eigenvalue weighted by Crippen LogP contribution is 2.39. The van der Waals surface area contributed by atoms with Crippen LogP contribution < -0.4 is 11.2 Å². The van der Waals surface area contributed by atoms with E-state index in [-0.39, 0.29) is 6.02 Å². The summed E-state index contributed by atoms with van der Waals surface area (Å²) in [7, 11) is 2.07. The van der Waals surface area contributed by atoms with Gasteiger partial charge in [0.1, 0.15) is 20.1 Å². The molecule has 2 atom stereocenters. The molecule has 0 saturated heterocycles. The van der Waals surface area contributed by atoms with Gasteiger partial charge in [-0.1, -0.05) is 23.7 Å². The van der Waals surface area contributed by atoms with Gasteiger partial charge in [0.05, 0.1) is 0 Å². The normalized spacial score (nSPS) is 30.2. The van der Waals surface area contributed by atoms with Crippen LogP contribution in [-0.2, 0) is 17.6 Å². The van der Waals surface area contributed by atoms with Crippen LogP contribution in [0.5, 0.6) is 0 Å². The van der Waals surface area contributed by atoms with Crippen molar-refractivity contribution in [1.29, 1.82) is 0 Å². The number of fused-ring (bicyclic) bond motifs is 1. The first kappa shape index (κ1) is 10.6. The average molecular weight is 232 g/mol. The van der Waals surface area contributed by atoms with Crippen molar-refractivity contribution in [2.45, 2.75) is 24.5 Å². The fourth-order valence-electron chi connectivity index (χ4n) is 2.94. The molecule has 0 aromatic heterocycles. The lowest BCUT2D eigenvalue weighted by Crippen LogP contribution is -2.41. The molecule has 17 heavy (non-hydrogen) atoms. The van der Waals surface area contributed by atoms with Crippen LogP contribution in [0, 0.1) is 0 Å². The van der Waals surface area contributed by atoms with Gasteiger partial charge < -0.3 is 10.5 Å². The molecule has 3 nitrogen and oxygen atoms in total. The zero-order valence-electron chi connectivity index (χ0n) is 9.74. The van der Waals surface area contributed by atoms with Crippen LogP contribution in [0.3, 0.4) is 0 Å². The lowest BCUT2D eigenvalue weighted by molar-refractivity contribution is 0.109. The van der Waals surface area contributed by atoms with Gasteiger partial charge in [0.15, 0.2) is 6.10 Å². The minimum Gasteiger partial charge on any atom is -0.457 e. The van der Waals surface area contributed by atoms with E-state index in [1.807, 2.05) is 6.07 Å². The Labute approximate surface area is 100 Å². The zero-order chi connectivity index (χ0) is 12.0. The first-order valence-electron chi connectivity index (χ1n) is 5.80. The van der Waals surface area contributed by atoms with E-state index in [1.165, 1.54) is 16.6 Å². The Bertz CT molecular complexity index is 505. The van der Waals surface area contributed by atoms with E-state index in [0.29, 0.717) is 0 Å². The third kappa shape index (κ3) is 1.45. The van der Waals surface area contributed by atoms with Crippen LogP contribution in [0.2, 0.25) is 0 Å². The van der Waals surface area contributed by atoms with Crippen molar-refractivity contribution in [2.24, 2.45) is 10.7 Å². The summed E-state index contributed by atoms with van der Waals surface area (Å²) >= 11 is 0. The maximum absolute atomic E-state index is 13.0. The minimum atomic E-state index is -0.544. The number of ether oxygens (including phenoxy) is 1. The summed E-state index contributed by atoms with van der Waals surface area (Å²) in [5.41, 5.74) is 8.83. The number of nitrogens with zero attached hydrogens (tertiary/aromatic N) is 1. The molecular formula is C12H14BFN2O. The van der Waals surface area contributed by atoms with Crippen molar-refractivity contribution < 1.29 is 9.13 Å². The van der Waals surface area contributed by atoms with Crippen molar-refractivity contribution >= 4 is 19.3 Å². The summed E-state index contributed by atoms with van der Waals surface area (Å²) in [5.74, 6) is 0. The van der Waals surface area contributed by atoms with Crippen molar-refractivity contribution in [3.8, 4) is 0 Å². The summed E-state index contributed by atoms with van der Waals surface area (Å²) in [6.45, 7) is -0.544. The molecular weight excluding hydrogens is 218 g/mol. The Kier molecular flexibility index (Phi) is 2.18. The fourth-order valence-corrected chi connectivity index (χ4v) is 2.94. The Hall–Kier alpha value is -1.52. The van der Waals surface area contributed by atoms with Crippen LogP contribution in [0.1, 0.15) is 11.1 Å². The molecule has 1 aliphatic carbocycles. The second kappa shape index (κ2) is 3.49. The lowest BCUT2D eigenvalue weighted by Gasteiger charge is -2.24. The second-order valence-electron chi connectivity index (χ2n) is 4.88. The number of rotatable bonds is 1. The fraction of sp³-hybridized carbons (Fsp3) is 0.417. The molecule has 3 rings (SSSR count). The summed E-state index contributed by atoms with van der Waals surface area (Å²) in [5, 5.41) is 0. The molecule has 0 fully saturated rings. The number of nitrogens with two attached hydrogens (primary N) is 1. The van der Waals surface area contributed by atoms with Crippen LogP contribution >= 0.6 is 0 Å². The number of hydrogen-bond acceptors (Lipinski definition) is 3. The molecule has 1 aromatic rings. The van der Waals surface area contributed by atoms with Gasteiger partial charge >= 0.3 is 0 Å². The van der Waals surface area contributed by atoms with Gasteiger partial charge in [-0.3, -0.25) is 0 Å². The molecule has 0 bridgehead atoms. The first-order chi connectivity index (χ1) is 8.14. The van der Waals surface area contributed by atoms with Crippen LogP contribution in [-0.4, -0.2) is 32.2 Å². The Morgan fingerprint density at radius 1 is 1.53 bits per heavy atom. The van der Waals surface area contributed by atoms with Crippen LogP contribution in [0.15, 0.2) is 23.2 Å². The number of alkyl halides is 1. The number of halogens is 1. The first-order valence-corrected chi connectivity index (χ1v) is 5.80. The molecule has 0 saturated carbocycles. The van der Waals surface area contributed by atoms with Gasteiger partial charge in [-0.2, -0.15) is 0 Å². The van der Waals surface area contributed by atoms with Crippen molar-refractivity contribution in [3.63, 3.8) is 0 Å². The monoisotopic (exact) mass is 232 g/mol. The maximum Gasteiger partial charge on any atom is 0.283 e. The van der Waals surface area contributed by atoms with Crippen molar-refractivity contribution in [2.75, 3.05) is 6.67 Å². The highest BCUT2D eigenvalue weighted by atomic mass is 19.1. The molecule has 5 heteroatoms. The maximum atomic E-state index is 13.0. The van der Waals surface area contributed by atoms with Crippen LogP contribution in [0.25, 0.3) is 0 Å². The van der Waals surface area contributed by atoms with E-state index in [1.54, 1.807) is 0 Å². The van der Waals surface area contributed by atoms with E-state index in [2.05, 4.69) is 25.0 Å². The Morgan fingerprint density at radius 3 is 3.06 bits per heavy atom. The van der Waals surface area contributed by atoms with E-state index < -0.39 is 18.3 Å². The highest BCUT2D eigenvalue weighted by Gasteiger charge is 2.49. The highest BCUT2D eigenvalue weighted by molar-refractivity contribution is 6.33. The van der Waals surface area contributed by atoms with Gasteiger partial charge in [0.25, 0.3) is 6.02 Å². The molecule has 0 radical (unpaired) electrons. The Morgan fingerprint density at radius 2 is 2.35 bits per heavy atom. The van der Waals surface area contributed by atoms with Gasteiger partial charge in [0, 0.05) is 12.8 Å². The zero-order valence-corrected chi connectivity index (χ0v) is 9.74. The predicted molar refractivity (Wildman–Crippen MR) is 67.2 cm³/mol. The molecule has 1 aromatic carbocycles. The number of benzene rings is 1. The number of amidine groups is 1. The molecule has 0 amide bonds. The smallest absolute Gasteiger partial charge is 0.283 e. The quantitative estimate of drug-likeness (QED) is 0.661.